The summed E-state index contributed by atoms with van der Waals surface area (Å²) in [6.07, 6.45) is 0. The van der Waals surface area contributed by atoms with Crippen LogP contribution in [-0.4, -0.2) is 21.1 Å². The summed E-state index contributed by atoms with van der Waals surface area (Å²) in [6.45, 7) is 4.92. The van der Waals surface area contributed by atoms with Crippen LogP contribution in [0.3, 0.4) is 0 Å². The van der Waals surface area contributed by atoms with Crippen molar-refractivity contribution >= 4 is 23.4 Å². The van der Waals surface area contributed by atoms with E-state index in [0.29, 0.717) is 16.5 Å². The van der Waals surface area contributed by atoms with Gasteiger partial charge in [-0.05, 0) is 32.9 Å². The number of benzene rings is 1. The van der Waals surface area contributed by atoms with Gasteiger partial charge in [0.1, 0.15) is 39.8 Å². The van der Waals surface area contributed by atoms with Crippen LogP contribution >= 0.6 is 11.8 Å². The first kappa shape index (κ1) is 17.8. The molecule has 2 aromatic rings. The van der Waals surface area contributed by atoms with Gasteiger partial charge in [-0.3, -0.25) is 4.79 Å². The van der Waals surface area contributed by atoms with E-state index in [0.717, 1.165) is 23.9 Å². The third-order valence-corrected chi connectivity index (χ3v) is 4.24. The Kier molecular flexibility index (Phi) is 5.46. The fraction of sp³-hybridized carbons (Fsp3) is 0.250. The van der Waals surface area contributed by atoms with Gasteiger partial charge >= 0.3 is 0 Å². The van der Waals surface area contributed by atoms with Crippen LogP contribution in [-0.2, 0) is 4.79 Å². The van der Waals surface area contributed by atoms with Gasteiger partial charge in [-0.2, -0.15) is 5.26 Å². The van der Waals surface area contributed by atoms with Crippen molar-refractivity contribution in [3.8, 4) is 6.07 Å². The monoisotopic (exact) mass is 348 g/mol. The maximum absolute atomic E-state index is 13.6. The predicted molar refractivity (Wildman–Crippen MR) is 86.5 cm³/mol. The normalized spacial score (nSPS) is 11.7. The van der Waals surface area contributed by atoms with Crippen LogP contribution in [0.1, 0.15) is 24.0 Å². The second-order valence-electron chi connectivity index (χ2n) is 4.99. The summed E-state index contributed by atoms with van der Waals surface area (Å²) in [7, 11) is 0. The molecule has 1 N–H and O–H groups in total. The molecule has 0 spiro atoms. The second kappa shape index (κ2) is 7.36. The number of halogens is 2. The first-order valence-corrected chi connectivity index (χ1v) is 7.88. The Morgan fingerprint density at radius 3 is 2.50 bits per heavy atom. The van der Waals surface area contributed by atoms with Crippen LogP contribution in [0.2, 0.25) is 0 Å². The quantitative estimate of drug-likeness (QED) is 0.677. The van der Waals surface area contributed by atoms with E-state index in [1.165, 1.54) is 6.07 Å². The number of amides is 1. The maximum Gasteiger partial charge on any atom is 0.237 e. The lowest BCUT2D eigenvalue weighted by molar-refractivity contribution is -0.115. The number of rotatable bonds is 4. The number of nitrogens with one attached hydrogen (secondary N) is 1. The van der Waals surface area contributed by atoms with E-state index in [4.69, 9.17) is 0 Å². The van der Waals surface area contributed by atoms with Crippen molar-refractivity contribution < 1.29 is 13.6 Å². The van der Waals surface area contributed by atoms with Crippen LogP contribution in [0, 0.1) is 36.8 Å². The predicted octanol–water partition coefficient (Wildman–Crippen LogP) is 3.36. The van der Waals surface area contributed by atoms with E-state index in [-0.39, 0.29) is 5.56 Å². The van der Waals surface area contributed by atoms with Crippen molar-refractivity contribution in [1.29, 1.82) is 5.26 Å². The first-order valence-electron chi connectivity index (χ1n) is 7.00. The summed E-state index contributed by atoms with van der Waals surface area (Å²) in [5.74, 6) is -1.83. The van der Waals surface area contributed by atoms with E-state index in [1.54, 1.807) is 20.8 Å². The highest BCUT2D eigenvalue weighted by molar-refractivity contribution is 8.00. The molecule has 8 heteroatoms. The van der Waals surface area contributed by atoms with Crippen molar-refractivity contribution in [2.75, 3.05) is 5.32 Å². The smallest absolute Gasteiger partial charge is 0.237 e. The number of aromatic nitrogens is 2. The van der Waals surface area contributed by atoms with Crippen LogP contribution < -0.4 is 5.32 Å². The molecule has 1 aromatic carbocycles. The SMILES string of the molecule is Cc1nc(C)c(C#N)c(SC(C)C(=O)Nc2c(F)cccc2F)n1. The van der Waals surface area contributed by atoms with Gasteiger partial charge in [0.25, 0.3) is 0 Å². The zero-order valence-corrected chi connectivity index (χ0v) is 14.0. The van der Waals surface area contributed by atoms with E-state index in [1.807, 2.05) is 6.07 Å². The molecule has 0 aliphatic heterocycles. The number of nitrogens with zero attached hydrogens (tertiary/aromatic N) is 3. The van der Waals surface area contributed by atoms with E-state index < -0.39 is 28.5 Å². The highest BCUT2D eigenvalue weighted by Gasteiger charge is 2.21. The van der Waals surface area contributed by atoms with Gasteiger partial charge in [-0.15, -0.1) is 0 Å². The minimum Gasteiger partial charge on any atom is -0.320 e. The number of anilines is 1. The molecule has 1 heterocycles. The number of hydrogen-bond acceptors (Lipinski definition) is 5. The zero-order valence-electron chi connectivity index (χ0n) is 13.2. The molecule has 0 saturated carbocycles. The molecule has 0 radical (unpaired) electrons. The van der Waals surface area contributed by atoms with Crippen molar-refractivity contribution in [1.82, 2.24) is 9.97 Å². The van der Waals surface area contributed by atoms with Crippen LogP contribution in [0.4, 0.5) is 14.5 Å². The molecule has 0 fully saturated rings. The van der Waals surface area contributed by atoms with Gasteiger partial charge in [0.05, 0.1) is 10.9 Å². The molecule has 2 rings (SSSR count). The molecular weight excluding hydrogens is 334 g/mol. The lowest BCUT2D eigenvalue weighted by Gasteiger charge is -2.14. The maximum atomic E-state index is 13.6. The molecule has 1 amide bonds. The lowest BCUT2D eigenvalue weighted by Crippen LogP contribution is -2.24. The summed E-state index contributed by atoms with van der Waals surface area (Å²) < 4.78 is 27.2. The van der Waals surface area contributed by atoms with E-state index in [9.17, 15) is 18.8 Å². The third-order valence-electron chi connectivity index (χ3n) is 3.15. The molecule has 24 heavy (non-hydrogen) atoms. The fourth-order valence-electron chi connectivity index (χ4n) is 1.96. The Bertz CT molecular complexity index is 815. The van der Waals surface area contributed by atoms with Crippen LogP contribution in [0.25, 0.3) is 0 Å². The number of aryl methyl sites for hydroxylation is 2. The molecule has 1 atom stereocenters. The molecule has 1 unspecified atom stereocenters. The minimum absolute atomic E-state index is 0.280. The number of para-hydroxylation sites is 1. The number of carbonyl (C=O) groups excluding carboxylic acids is 1. The molecule has 0 aliphatic carbocycles. The number of carbonyl (C=O) groups is 1. The molecule has 0 saturated heterocycles. The zero-order chi connectivity index (χ0) is 17.9. The highest BCUT2D eigenvalue weighted by Crippen LogP contribution is 2.27. The summed E-state index contributed by atoms with van der Waals surface area (Å²) >= 11 is 1.03. The topological polar surface area (TPSA) is 78.7 Å². The first-order chi connectivity index (χ1) is 11.3. The van der Waals surface area contributed by atoms with E-state index in [2.05, 4.69) is 15.3 Å². The summed E-state index contributed by atoms with van der Waals surface area (Å²) in [5.41, 5.74) is 0.299. The van der Waals surface area contributed by atoms with Gasteiger partial charge in [0, 0.05) is 0 Å². The van der Waals surface area contributed by atoms with Gasteiger partial charge in [0.2, 0.25) is 5.91 Å². The standard InChI is InChI=1S/C16H14F2N4OS/c1-8-11(7-19)16(21-10(3)20-8)24-9(2)15(23)22-14-12(17)5-4-6-13(14)18/h4-6,9H,1-3H3,(H,22,23). The van der Waals surface area contributed by atoms with Gasteiger partial charge in [-0.25, -0.2) is 18.7 Å². The van der Waals surface area contributed by atoms with Crippen molar-refractivity contribution in [3.63, 3.8) is 0 Å². The van der Waals surface area contributed by atoms with Gasteiger partial charge in [-0.1, -0.05) is 17.8 Å². The number of nitriles is 1. The van der Waals surface area contributed by atoms with Crippen molar-refractivity contribution in [2.24, 2.45) is 0 Å². The van der Waals surface area contributed by atoms with Crippen molar-refractivity contribution in [2.45, 2.75) is 31.0 Å². The molecule has 5 nitrogen and oxygen atoms in total. The molecule has 1 aromatic heterocycles. The Labute approximate surface area is 142 Å². The fourth-order valence-corrected chi connectivity index (χ4v) is 2.96. The second-order valence-corrected chi connectivity index (χ2v) is 6.32. The summed E-state index contributed by atoms with van der Waals surface area (Å²) in [5, 5.41) is 11.1. The Morgan fingerprint density at radius 2 is 1.92 bits per heavy atom. The third kappa shape index (κ3) is 3.86. The Hall–Kier alpha value is -2.53. The molecule has 124 valence electrons. The Morgan fingerprint density at radius 1 is 1.29 bits per heavy atom. The highest BCUT2D eigenvalue weighted by atomic mass is 32.2. The average molecular weight is 348 g/mol. The lowest BCUT2D eigenvalue weighted by atomic mass is 10.2. The summed E-state index contributed by atoms with van der Waals surface area (Å²) in [6, 6.07) is 5.33. The molecule has 0 aliphatic rings. The van der Waals surface area contributed by atoms with Crippen LogP contribution in [0.15, 0.2) is 23.2 Å². The van der Waals surface area contributed by atoms with Crippen molar-refractivity contribution in [3.05, 3.63) is 46.9 Å². The average Bonchev–Trinajstić information content (AvgIpc) is 2.50. The summed E-state index contributed by atoms with van der Waals surface area (Å²) in [4.78, 5) is 20.5. The number of thioether (sulfide) groups is 1. The Balaban J connectivity index is 2.20. The van der Waals surface area contributed by atoms with Gasteiger partial charge in [0.15, 0.2) is 0 Å². The van der Waals surface area contributed by atoms with E-state index >= 15 is 0 Å². The number of hydrogen-bond donors (Lipinski definition) is 1. The molecular formula is C16H14F2N4OS. The van der Waals surface area contributed by atoms with Gasteiger partial charge < -0.3 is 5.32 Å². The minimum atomic E-state index is -0.855. The van der Waals surface area contributed by atoms with Crippen LogP contribution in [0.5, 0.6) is 0 Å². The molecule has 0 bridgehead atoms. The largest absolute Gasteiger partial charge is 0.320 e.